The lowest BCUT2D eigenvalue weighted by Gasteiger charge is -2.32. The Balaban J connectivity index is 1.50. The highest BCUT2D eigenvalue weighted by Gasteiger charge is 2.26. The number of amides is 1. The SMILES string of the molecule is CNc1nccnc1-c1ccc(C(=O)N2CCC[C@H](c3ccncn3)C2)cc1. The summed E-state index contributed by atoms with van der Waals surface area (Å²) in [4.78, 5) is 31.9. The van der Waals surface area contributed by atoms with Crippen LogP contribution in [-0.4, -0.2) is 50.9 Å². The van der Waals surface area contributed by atoms with Crippen LogP contribution >= 0.6 is 0 Å². The first-order valence-electron chi connectivity index (χ1n) is 9.40. The molecule has 142 valence electrons. The van der Waals surface area contributed by atoms with Gasteiger partial charge in [-0.05, 0) is 31.0 Å². The summed E-state index contributed by atoms with van der Waals surface area (Å²) in [6, 6.07) is 9.50. The first-order chi connectivity index (χ1) is 13.8. The van der Waals surface area contributed by atoms with Crippen LogP contribution in [0, 0.1) is 0 Å². The van der Waals surface area contributed by atoms with Crippen LogP contribution in [0.25, 0.3) is 11.3 Å². The van der Waals surface area contributed by atoms with Crippen molar-refractivity contribution in [1.82, 2.24) is 24.8 Å². The molecule has 28 heavy (non-hydrogen) atoms. The summed E-state index contributed by atoms with van der Waals surface area (Å²) < 4.78 is 0. The molecule has 1 N–H and O–H groups in total. The topological polar surface area (TPSA) is 83.9 Å². The first kappa shape index (κ1) is 18.0. The predicted molar refractivity (Wildman–Crippen MR) is 107 cm³/mol. The third-order valence-corrected chi connectivity index (χ3v) is 5.07. The molecule has 1 atom stereocenters. The van der Waals surface area contributed by atoms with Gasteiger partial charge in [0.15, 0.2) is 5.82 Å². The van der Waals surface area contributed by atoms with Gasteiger partial charge in [0, 0.05) is 61.5 Å². The van der Waals surface area contributed by atoms with E-state index in [4.69, 9.17) is 0 Å². The number of carbonyl (C=O) groups excluding carboxylic acids is 1. The van der Waals surface area contributed by atoms with Crippen LogP contribution in [0.5, 0.6) is 0 Å². The molecule has 3 heterocycles. The van der Waals surface area contributed by atoms with Crippen molar-refractivity contribution in [2.24, 2.45) is 0 Å². The van der Waals surface area contributed by atoms with Gasteiger partial charge in [-0.25, -0.2) is 15.0 Å². The van der Waals surface area contributed by atoms with E-state index in [1.54, 1.807) is 24.9 Å². The highest BCUT2D eigenvalue weighted by atomic mass is 16.2. The van der Waals surface area contributed by atoms with Gasteiger partial charge < -0.3 is 10.2 Å². The number of nitrogens with one attached hydrogen (secondary N) is 1. The third-order valence-electron chi connectivity index (χ3n) is 5.07. The van der Waals surface area contributed by atoms with Crippen LogP contribution in [0.2, 0.25) is 0 Å². The van der Waals surface area contributed by atoms with Crippen LogP contribution in [0.1, 0.15) is 34.8 Å². The maximum Gasteiger partial charge on any atom is 0.253 e. The summed E-state index contributed by atoms with van der Waals surface area (Å²) >= 11 is 0. The molecule has 0 bridgehead atoms. The fourth-order valence-electron chi connectivity index (χ4n) is 3.63. The summed E-state index contributed by atoms with van der Waals surface area (Å²) in [5, 5.41) is 3.04. The summed E-state index contributed by atoms with van der Waals surface area (Å²) in [5.41, 5.74) is 3.38. The molecule has 7 nitrogen and oxygen atoms in total. The van der Waals surface area contributed by atoms with Crippen LogP contribution in [-0.2, 0) is 0 Å². The zero-order chi connectivity index (χ0) is 19.3. The molecule has 4 rings (SSSR count). The lowest BCUT2D eigenvalue weighted by molar-refractivity contribution is 0.0706. The lowest BCUT2D eigenvalue weighted by atomic mass is 9.94. The van der Waals surface area contributed by atoms with E-state index in [0.717, 1.165) is 36.3 Å². The molecule has 1 aliphatic heterocycles. The molecule has 1 fully saturated rings. The van der Waals surface area contributed by atoms with Gasteiger partial charge in [0.05, 0.1) is 0 Å². The Hall–Kier alpha value is -3.35. The molecule has 1 aromatic carbocycles. The number of hydrogen-bond acceptors (Lipinski definition) is 6. The maximum absolute atomic E-state index is 13.0. The molecule has 1 saturated heterocycles. The monoisotopic (exact) mass is 374 g/mol. The van der Waals surface area contributed by atoms with Crippen molar-refractivity contribution >= 4 is 11.7 Å². The molecule has 7 heteroatoms. The molecule has 1 amide bonds. The van der Waals surface area contributed by atoms with Crippen LogP contribution < -0.4 is 5.32 Å². The molecule has 0 saturated carbocycles. The van der Waals surface area contributed by atoms with Crippen molar-refractivity contribution in [3.05, 3.63) is 66.5 Å². The van der Waals surface area contributed by atoms with Gasteiger partial charge in [-0.15, -0.1) is 0 Å². The van der Waals surface area contributed by atoms with Crippen molar-refractivity contribution < 1.29 is 4.79 Å². The summed E-state index contributed by atoms with van der Waals surface area (Å²) in [5.74, 6) is 1.03. The number of rotatable bonds is 4. The van der Waals surface area contributed by atoms with E-state index in [1.807, 2.05) is 42.3 Å². The highest BCUT2D eigenvalue weighted by molar-refractivity contribution is 5.95. The van der Waals surface area contributed by atoms with E-state index in [0.29, 0.717) is 17.9 Å². The molecule has 2 aromatic heterocycles. The van der Waals surface area contributed by atoms with Crippen molar-refractivity contribution in [3.63, 3.8) is 0 Å². The van der Waals surface area contributed by atoms with Crippen LogP contribution in [0.3, 0.4) is 0 Å². The van der Waals surface area contributed by atoms with Crippen molar-refractivity contribution in [1.29, 1.82) is 0 Å². The molecule has 1 aliphatic rings. The number of benzene rings is 1. The van der Waals surface area contributed by atoms with Crippen molar-refractivity contribution in [2.75, 3.05) is 25.5 Å². The highest BCUT2D eigenvalue weighted by Crippen LogP contribution is 2.27. The van der Waals surface area contributed by atoms with Gasteiger partial charge in [-0.2, -0.15) is 0 Å². The van der Waals surface area contributed by atoms with E-state index in [-0.39, 0.29) is 11.8 Å². The molecule has 0 aliphatic carbocycles. The Kier molecular flexibility index (Phi) is 5.23. The average Bonchev–Trinajstić information content (AvgIpc) is 2.79. The number of carbonyl (C=O) groups is 1. The van der Waals surface area contributed by atoms with E-state index >= 15 is 0 Å². The first-order valence-corrected chi connectivity index (χ1v) is 9.40. The number of hydrogen-bond donors (Lipinski definition) is 1. The zero-order valence-corrected chi connectivity index (χ0v) is 15.7. The maximum atomic E-state index is 13.0. The lowest BCUT2D eigenvalue weighted by Crippen LogP contribution is -2.39. The minimum absolute atomic E-state index is 0.0540. The summed E-state index contributed by atoms with van der Waals surface area (Å²) in [6.07, 6.45) is 8.66. The standard InChI is InChI=1S/C21H22N6O/c1-22-20-19(24-10-11-25-20)15-4-6-16(7-5-15)21(28)27-12-2-3-17(13-27)18-8-9-23-14-26-18/h4-11,14,17H,2-3,12-13H2,1H3,(H,22,25)/t17-/m0/s1. The second kappa shape index (κ2) is 8.12. The fraction of sp³-hybridized carbons (Fsp3) is 0.286. The van der Waals surface area contributed by atoms with E-state index < -0.39 is 0 Å². The number of nitrogens with zero attached hydrogens (tertiary/aromatic N) is 5. The number of aromatic nitrogens is 4. The Morgan fingerprint density at radius 2 is 1.89 bits per heavy atom. The molecular formula is C21H22N6O. The Morgan fingerprint density at radius 3 is 2.64 bits per heavy atom. The van der Waals surface area contributed by atoms with Crippen LogP contribution in [0.15, 0.2) is 55.2 Å². The quantitative estimate of drug-likeness (QED) is 0.756. The van der Waals surface area contributed by atoms with Crippen molar-refractivity contribution in [3.8, 4) is 11.3 Å². The summed E-state index contributed by atoms with van der Waals surface area (Å²) in [7, 11) is 1.82. The molecule has 0 spiro atoms. The van der Waals surface area contributed by atoms with Crippen molar-refractivity contribution in [2.45, 2.75) is 18.8 Å². The van der Waals surface area contributed by atoms with Gasteiger partial charge in [-0.1, -0.05) is 12.1 Å². The van der Waals surface area contributed by atoms with E-state index in [1.165, 1.54) is 0 Å². The van der Waals surface area contributed by atoms with E-state index in [2.05, 4.69) is 25.3 Å². The van der Waals surface area contributed by atoms with Gasteiger partial charge in [0.2, 0.25) is 0 Å². The van der Waals surface area contributed by atoms with Gasteiger partial charge in [0.1, 0.15) is 12.0 Å². The second-order valence-corrected chi connectivity index (χ2v) is 6.81. The van der Waals surface area contributed by atoms with Gasteiger partial charge in [0.25, 0.3) is 5.91 Å². The number of anilines is 1. The number of likely N-dealkylation sites (tertiary alicyclic amines) is 1. The summed E-state index contributed by atoms with van der Waals surface area (Å²) in [6.45, 7) is 1.46. The second-order valence-electron chi connectivity index (χ2n) is 6.81. The minimum atomic E-state index is 0.0540. The number of piperidine rings is 1. The van der Waals surface area contributed by atoms with Gasteiger partial charge >= 0.3 is 0 Å². The normalized spacial score (nSPS) is 16.6. The Labute approximate surface area is 163 Å². The minimum Gasteiger partial charge on any atom is -0.371 e. The predicted octanol–water partition coefficient (Wildman–Crippen LogP) is 3.00. The Bertz CT molecular complexity index is 945. The average molecular weight is 374 g/mol. The molecule has 3 aromatic rings. The molecule has 0 unspecified atom stereocenters. The van der Waals surface area contributed by atoms with Gasteiger partial charge in [-0.3, -0.25) is 9.78 Å². The largest absolute Gasteiger partial charge is 0.371 e. The smallest absolute Gasteiger partial charge is 0.253 e. The fourth-order valence-corrected chi connectivity index (χ4v) is 3.63. The zero-order valence-electron chi connectivity index (χ0n) is 15.7. The Morgan fingerprint density at radius 1 is 1.07 bits per heavy atom. The molecular weight excluding hydrogens is 352 g/mol. The van der Waals surface area contributed by atoms with E-state index in [9.17, 15) is 4.79 Å². The molecule has 0 radical (unpaired) electrons. The van der Waals surface area contributed by atoms with Crippen LogP contribution in [0.4, 0.5) is 5.82 Å². The third kappa shape index (κ3) is 3.69.